The van der Waals surface area contributed by atoms with Gasteiger partial charge in [0.2, 0.25) is 5.91 Å². The Balaban J connectivity index is 3.61. The molecule has 0 heterocycles. The lowest BCUT2D eigenvalue weighted by molar-refractivity contribution is -0.123. The highest BCUT2D eigenvalue weighted by Crippen LogP contribution is 2.05. The SMILES string of the molecule is CCCCCCC(C)NC(=O)[C@@H](N)CCC. The predicted octanol–water partition coefficient (Wildman–Crippen LogP) is 2.59. The van der Waals surface area contributed by atoms with Crippen molar-refractivity contribution < 1.29 is 4.79 Å². The van der Waals surface area contributed by atoms with Gasteiger partial charge in [-0.1, -0.05) is 46.0 Å². The third-order valence-corrected chi connectivity index (χ3v) is 2.82. The fourth-order valence-electron chi connectivity index (χ4n) is 1.74. The first kappa shape index (κ1) is 15.4. The van der Waals surface area contributed by atoms with E-state index in [0.717, 1.165) is 19.3 Å². The van der Waals surface area contributed by atoms with E-state index in [9.17, 15) is 4.79 Å². The summed E-state index contributed by atoms with van der Waals surface area (Å²) in [6, 6.07) is -0.0737. The summed E-state index contributed by atoms with van der Waals surface area (Å²) in [5, 5.41) is 2.98. The molecule has 0 bridgehead atoms. The van der Waals surface area contributed by atoms with Crippen molar-refractivity contribution in [3.05, 3.63) is 0 Å². The van der Waals surface area contributed by atoms with E-state index < -0.39 is 0 Å². The number of nitrogens with two attached hydrogens (primary N) is 1. The molecule has 0 spiro atoms. The Hall–Kier alpha value is -0.570. The molecule has 1 unspecified atom stereocenters. The topological polar surface area (TPSA) is 55.1 Å². The summed E-state index contributed by atoms with van der Waals surface area (Å²) in [7, 11) is 0. The maximum atomic E-state index is 11.6. The van der Waals surface area contributed by atoms with E-state index >= 15 is 0 Å². The zero-order chi connectivity index (χ0) is 12.4. The van der Waals surface area contributed by atoms with Gasteiger partial charge in [0.1, 0.15) is 0 Å². The van der Waals surface area contributed by atoms with Gasteiger partial charge in [-0.15, -0.1) is 0 Å². The minimum Gasteiger partial charge on any atom is -0.352 e. The van der Waals surface area contributed by atoms with Crippen LogP contribution in [0.4, 0.5) is 0 Å². The molecule has 96 valence electrons. The molecule has 3 heteroatoms. The predicted molar refractivity (Wildman–Crippen MR) is 69.2 cm³/mol. The standard InChI is InChI=1S/C13H28N2O/c1-4-6-7-8-10-11(3)15-13(16)12(14)9-5-2/h11-12H,4-10,14H2,1-3H3,(H,15,16)/t11?,12-/m0/s1. The molecule has 0 fully saturated rings. The lowest BCUT2D eigenvalue weighted by Crippen LogP contribution is -2.44. The first-order chi connectivity index (χ1) is 7.61. The van der Waals surface area contributed by atoms with E-state index in [1.54, 1.807) is 0 Å². The second-order valence-electron chi connectivity index (χ2n) is 4.65. The molecule has 2 atom stereocenters. The number of amides is 1. The highest BCUT2D eigenvalue weighted by molar-refractivity contribution is 5.81. The van der Waals surface area contributed by atoms with Gasteiger partial charge in [0.05, 0.1) is 6.04 Å². The Morgan fingerprint density at radius 3 is 2.38 bits per heavy atom. The van der Waals surface area contributed by atoms with Crippen molar-refractivity contribution in [1.82, 2.24) is 5.32 Å². The first-order valence-corrected chi connectivity index (χ1v) is 6.67. The number of hydrogen-bond acceptors (Lipinski definition) is 2. The van der Waals surface area contributed by atoms with Gasteiger partial charge in [-0.3, -0.25) is 4.79 Å². The summed E-state index contributed by atoms with van der Waals surface area (Å²) < 4.78 is 0. The Kier molecular flexibility index (Phi) is 9.30. The highest BCUT2D eigenvalue weighted by Gasteiger charge is 2.14. The first-order valence-electron chi connectivity index (χ1n) is 6.67. The molecule has 3 nitrogen and oxygen atoms in total. The Bertz CT molecular complexity index is 183. The Morgan fingerprint density at radius 2 is 1.81 bits per heavy atom. The number of carbonyl (C=O) groups excluding carboxylic acids is 1. The van der Waals surface area contributed by atoms with Crippen LogP contribution in [0.5, 0.6) is 0 Å². The zero-order valence-corrected chi connectivity index (χ0v) is 11.1. The molecule has 0 radical (unpaired) electrons. The molecule has 0 aliphatic heterocycles. The van der Waals surface area contributed by atoms with Crippen LogP contribution < -0.4 is 11.1 Å². The number of hydrogen-bond donors (Lipinski definition) is 2. The maximum Gasteiger partial charge on any atom is 0.237 e. The minimum absolute atomic E-state index is 0.00448. The van der Waals surface area contributed by atoms with Gasteiger partial charge in [0, 0.05) is 6.04 Å². The van der Waals surface area contributed by atoms with Crippen LogP contribution in [0.1, 0.15) is 65.7 Å². The zero-order valence-electron chi connectivity index (χ0n) is 11.1. The molecule has 16 heavy (non-hydrogen) atoms. The highest BCUT2D eigenvalue weighted by atomic mass is 16.2. The van der Waals surface area contributed by atoms with Crippen LogP contribution in [0.3, 0.4) is 0 Å². The molecule has 0 aromatic heterocycles. The lowest BCUT2D eigenvalue weighted by Gasteiger charge is -2.17. The Labute approximate surface area is 100 Å². The van der Waals surface area contributed by atoms with Gasteiger partial charge >= 0.3 is 0 Å². The van der Waals surface area contributed by atoms with Crippen molar-refractivity contribution >= 4 is 5.91 Å². The number of unbranched alkanes of at least 4 members (excludes halogenated alkanes) is 3. The van der Waals surface area contributed by atoms with E-state index in [2.05, 4.69) is 19.2 Å². The molecular formula is C13H28N2O. The molecule has 0 aromatic rings. The van der Waals surface area contributed by atoms with Crippen LogP contribution in [0.25, 0.3) is 0 Å². The van der Waals surface area contributed by atoms with Crippen molar-refractivity contribution in [2.24, 2.45) is 5.73 Å². The van der Waals surface area contributed by atoms with E-state index in [-0.39, 0.29) is 18.0 Å². The van der Waals surface area contributed by atoms with Gasteiger partial charge < -0.3 is 11.1 Å². The van der Waals surface area contributed by atoms with Gasteiger partial charge in [0.15, 0.2) is 0 Å². The molecule has 3 N–H and O–H groups in total. The number of rotatable bonds is 9. The molecular weight excluding hydrogens is 200 g/mol. The smallest absolute Gasteiger partial charge is 0.237 e. The van der Waals surface area contributed by atoms with Gasteiger partial charge in [-0.2, -0.15) is 0 Å². The fourth-order valence-corrected chi connectivity index (χ4v) is 1.74. The van der Waals surface area contributed by atoms with Crippen molar-refractivity contribution in [1.29, 1.82) is 0 Å². The largest absolute Gasteiger partial charge is 0.352 e. The molecule has 0 aromatic carbocycles. The minimum atomic E-state index is -0.330. The molecule has 0 saturated heterocycles. The molecule has 0 rings (SSSR count). The molecule has 1 amide bonds. The molecule has 0 saturated carbocycles. The summed E-state index contributed by atoms with van der Waals surface area (Å²) >= 11 is 0. The monoisotopic (exact) mass is 228 g/mol. The van der Waals surface area contributed by atoms with Crippen molar-refractivity contribution in [3.8, 4) is 0 Å². The summed E-state index contributed by atoms with van der Waals surface area (Å²) in [4.78, 5) is 11.6. The second kappa shape index (κ2) is 9.64. The lowest BCUT2D eigenvalue weighted by atomic mass is 10.1. The van der Waals surface area contributed by atoms with Crippen LogP contribution in [-0.4, -0.2) is 18.0 Å². The van der Waals surface area contributed by atoms with E-state index in [4.69, 9.17) is 5.73 Å². The fraction of sp³-hybridized carbons (Fsp3) is 0.923. The number of carbonyl (C=O) groups is 1. The summed E-state index contributed by atoms with van der Waals surface area (Å²) in [5.41, 5.74) is 5.74. The van der Waals surface area contributed by atoms with Crippen LogP contribution in [-0.2, 0) is 4.79 Å². The van der Waals surface area contributed by atoms with E-state index in [0.29, 0.717) is 0 Å². The van der Waals surface area contributed by atoms with Crippen LogP contribution in [0.2, 0.25) is 0 Å². The van der Waals surface area contributed by atoms with Crippen LogP contribution in [0.15, 0.2) is 0 Å². The van der Waals surface area contributed by atoms with Gasteiger partial charge in [-0.25, -0.2) is 0 Å². The molecule has 0 aliphatic carbocycles. The average molecular weight is 228 g/mol. The van der Waals surface area contributed by atoms with Crippen LogP contribution >= 0.6 is 0 Å². The van der Waals surface area contributed by atoms with Crippen LogP contribution in [0, 0.1) is 0 Å². The summed E-state index contributed by atoms with van der Waals surface area (Å²) in [6.45, 7) is 6.30. The second-order valence-corrected chi connectivity index (χ2v) is 4.65. The third kappa shape index (κ3) is 7.69. The number of nitrogens with one attached hydrogen (secondary N) is 1. The Morgan fingerprint density at radius 1 is 1.12 bits per heavy atom. The van der Waals surface area contributed by atoms with Crippen molar-refractivity contribution in [2.75, 3.05) is 0 Å². The van der Waals surface area contributed by atoms with Crippen molar-refractivity contribution in [3.63, 3.8) is 0 Å². The van der Waals surface area contributed by atoms with Crippen molar-refractivity contribution in [2.45, 2.75) is 77.8 Å². The quantitative estimate of drug-likeness (QED) is 0.596. The summed E-state index contributed by atoms with van der Waals surface area (Å²) in [6.07, 6.45) is 7.78. The normalized spacial score (nSPS) is 14.5. The van der Waals surface area contributed by atoms with Gasteiger partial charge in [-0.05, 0) is 19.8 Å². The van der Waals surface area contributed by atoms with Gasteiger partial charge in [0.25, 0.3) is 0 Å². The van der Waals surface area contributed by atoms with E-state index in [1.807, 2.05) is 6.92 Å². The maximum absolute atomic E-state index is 11.6. The average Bonchev–Trinajstić information content (AvgIpc) is 2.24. The molecule has 0 aliphatic rings. The van der Waals surface area contributed by atoms with E-state index in [1.165, 1.54) is 25.7 Å². The third-order valence-electron chi connectivity index (χ3n) is 2.82. The summed E-state index contributed by atoms with van der Waals surface area (Å²) in [5.74, 6) is 0.00448.